The lowest BCUT2D eigenvalue weighted by molar-refractivity contribution is 0.0610. The Morgan fingerprint density at radius 3 is 2.84 bits per heavy atom. The molecule has 1 aromatic heterocycles. The molecule has 1 aromatic rings. The predicted molar refractivity (Wildman–Crippen MR) is 79.4 cm³/mol. The molecule has 3 N–H and O–H groups in total. The Hall–Kier alpha value is -0.240. The van der Waals surface area contributed by atoms with Gasteiger partial charge in [0.25, 0.3) is 0 Å². The molecule has 0 spiro atoms. The summed E-state index contributed by atoms with van der Waals surface area (Å²) < 4.78 is 5.22. The highest BCUT2D eigenvalue weighted by Gasteiger charge is 2.30. The predicted octanol–water partition coefficient (Wildman–Crippen LogP) is 1.62. The molecular weight excluding hydrogens is 282 g/mol. The van der Waals surface area contributed by atoms with Gasteiger partial charge in [-0.1, -0.05) is 19.0 Å². The van der Waals surface area contributed by atoms with E-state index < -0.39 is 5.60 Å². The molecule has 0 bridgehead atoms. The zero-order valence-corrected chi connectivity index (χ0v) is 13.1. The molecule has 19 heavy (non-hydrogen) atoms. The maximum atomic E-state index is 9.91. The number of rotatable bonds is 4. The molecule has 0 radical (unpaired) electrons. The van der Waals surface area contributed by atoms with E-state index in [9.17, 15) is 5.11 Å². The van der Waals surface area contributed by atoms with Gasteiger partial charge in [0.1, 0.15) is 0 Å². The van der Waals surface area contributed by atoms with E-state index in [1.54, 1.807) is 6.92 Å². The Balaban J connectivity index is 2.01. The molecule has 2 heterocycles. The number of nitrogens with two attached hydrogens (primary N) is 1. The van der Waals surface area contributed by atoms with Crippen molar-refractivity contribution >= 4 is 23.5 Å². The van der Waals surface area contributed by atoms with Gasteiger partial charge in [-0.05, 0) is 6.92 Å². The van der Waals surface area contributed by atoms with Crippen LogP contribution < -0.4 is 5.73 Å². The highest BCUT2D eigenvalue weighted by Crippen LogP contribution is 2.43. The van der Waals surface area contributed by atoms with Crippen molar-refractivity contribution in [2.45, 2.75) is 48.5 Å². The fraction of sp³-hybridized carbons (Fsp3) is 0.833. The largest absolute Gasteiger partial charge is 0.388 e. The van der Waals surface area contributed by atoms with Gasteiger partial charge in [0.2, 0.25) is 5.89 Å². The van der Waals surface area contributed by atoms with Crippen LogP contribution in [0.1, 0.15) is 37.7 Å². The van der Waals surface area contributed by atoms with Crippen LogP contribution in [0.25, 0.3) is 0 Å². The summed E-state index contributed by atoms with van der Waals surface area (Å²) in [4.78, 5) is 4.40. The number of hydrogen-bond acceptors (Lipinski definition) is 7. The van der Waals surface area contributed by atoms with Crippen LogP contribution in [0.15, 0.2) is 4.52 Å². The molecule has 1 aliphatic heterocycles. The summed E-state index contributed by atoms with van der Waals surface area (Å²) in [5.41, 5.74) is 4.50. The molecular formula is C12H21N3O2S2. The SMILES string of the molecule is CC1SCC(c2noc(CC(C)(O)CN)n2)SC1C. The topological polar surface area (TPSA) is 85.2 Å². The highest BCUT2D eigenvalue weighted by atomic mass is 32.2. The van der Waals surface area contributed by atoms with Crippen LogP contribution in [0.2, 0.25) is 0 Å². The number of aromatic nitrogens is 2. The highest BCUT2D eigenvalue weighted by molar-refractivity contribution is 8.07. The fourth-order valence-corrected chi connectivity index (χ4v) is 4.62. The minimum Gasteiger partial charge on any atom is -0.388 e. The molecule has 5 nitrogen and oxygen atoms in total. The smallest absolute Gasteiger partial charge is 0.229 e. The average molecular weight is 303 g/mol. The van der Waals surface area contributed by atoms with Crippen LogP contribution in [0.4, 0.5) is 0 Å². The molecule has 4 unspecified atom stereocenters. The molecule has 0 amide bonds. The van der Waals surface area contributed by atoms with Gasteiger partial charge in [-0.25, -0.2) is 0 Å². The minimum absolute atomic E-state index is 0.174. The summed E-state index contributed by atoms with van der Waals surface area (Å²) in [5, 5.41) is 15.5. The molecule has 1 saturated heterocycles. The van der Waals surface area contributed by atoms with Crippen LogP contribution in [-0.2, 0) is 6.42 Å². The molecule has 4 atom stereocenters. The lowest BCUT2D eigenvalue weighted by atomic mass is 10.0. The first kappa shape index (κ1) is 15.2. The summed E-state index contributed by atoms with van der Waals surface area (Å²) in [7, 11) is 0. The van der Waals surface area contributed by atoms with Crippen molar-refractivity contribution < 1.29 is 9.63 Å². The van der Waals surface area contributed by atoms with Gasteiger partial charge in [0.15, 0.2) is 5.82 Å². The number of nitrogens with zero attached hydrogens (tertiary/aromatic N) is 2. The third kappa shape index (κ3) is 3.87. The van der Waals surface area contributed by atoms with Gasteiger partial charge in [-0.15, -0.1) is 11.8 Å². The van der Waals surface area contributed by atoms with Crippen molar-refractivity contribution in [1.82, 2.24) is 10.1 Å². The molecule has 0 saturated carbocycles. The normalized spacial score (nSPS) is 31.1. The maximum Gasteiger partial charge on any atom is 0.229 e. The van der Waals surface area contributed by atoms with Crippen LogP contribution in [-0.4, -0.2) is 43.6 Å². The maximum absolute atomic E-state index is 9.91. The van der Waals surface area contributed by atoms with Gasteiger partial charge < -0.3 is 15.4 Å². The van der Waals surface area contributed by atoms with Crippen LogP contribution in [0, 0.1) is 0 Å². The second-order valence-electron chi connectivity index (χ2n) is 5.29. The summed E-state index contributed by atoms with van der Waals surface area (Å²) in [5.74, 6) is 2.20. The van der Waals surface area contributed by atoms with E-state index in [0.717, 1.165) is 11.6 Å². The Morgan fingerprint density at radius 2 is 2.21 bits per heavy atom. The standard InChI is InChI=1S/C12H21N3O2S2/c1-7-8(2)19-9(5-18-7)11-14-10(17-15-11)4-12(3,16)6-13/h7-9,16H,4-6,13H2,1-3H3. The molecule has 108 valence electrons. The lowest BCUT2D eigenvalue weighted by Gasteiger charge is -2.29. The van der Waals surface area contributed by atoms with E-state index >= 15 is 0 Å². The van der Waals surface area contributed by atoms with E-state index in [0.29, 0.717) is 22.8 Å². The van der Waals surface area contributed by atoms with Crippen LogP contribution in [0.5, 0.6) is 0 Å². The molecule has 0 aliphatic carbocycles. The number of hydrogen-bond donors (Lipinski definition) is 2. The van der Waals surface area contributed by atoms with Gasteiger partial charge in [-0.3, -0.25) is 0 Å². The zero-order chi connectivity index (χ0) is 14.0. The third-order valence-corrected chi connectivity index (χ3v) is 6.68. The molecule has 1 aliphatic rings. The molecule has 2 rings (SSSR count). The van der Waals surface area contributed by atoms with Crippen molar-refractivity contribution in [3.05, 3.63) is 11.7 Å². The Morgan fingerprint density at radius 1 is 1.47 bits per heavy atom. The van der Waals surface area contributed by atoms with E-state index in [2.05, 4.69) is 24.0 Å². The lowest BCUT2D eigenvalue weighted by Crippen LogP contribution is -2.36. The zero-order valence-electron chi connectivity index (χ0n) is 11.5. The van der Waals surface area contributed by atoms with Gasteiger partial charge in [0.05, 0.1) is 17.3 Å². The Labute approximate surface area is 122 Å². The second-order valence-corrected chi connectivity index (χ2v) is 8.29. The quantitative estimate of drug-likeness (QED) is 0.874. The summed E-state index contributed by atoms with van der Waals surface area (Å²) in [6, 6.07) is 0. The number of thioether (sulfide) groups is 2. The Kier molecular flexibility index (Phi) is 4.81. The van der Waals surface area contributed by atoms with E-state index in [1.807, 2.05) is 23.5 Å². The van der Waals surface area contributed by atoms with Crippen molar-refractivity contribution in [3.8, 4) is 0 Å². The molecule has 1 fully saturated rings. The average Bonchev–Trinajstić information content (AvgIpc) is 2.80. The first-order chi connectivity index (χ1) is 8.91. The molecule has 7 heteroatoms. The summed E-state index contributed by atoms with van der Waals surface area (Å²) >= 11 is 3.84. The monoisotopic (exact) mass is 303 g/mol. The Bertz CT molecular complexity index is 425. The fourth-order valence-electron chi connectivity index (χ4n) is 1.79. The third-order valence-electron chi connectivity index (χ3n) is 3.29. The van der Waals surface area contributed by atoms with Crippen molar-refractivity contribution in [1.29, 1.82) is 0 Å². The van der Waals surface area contributed by atoms with Crippen molar-refractivity contribution in [2.75, 3.05) is 12.3 Å². The minimum atomic E-state index is -0.986. The summed E-state index contributed by atoms with van der Waals surface area (Å²) in [6.07, 6.45) is 0.299. The van der Waals surface area contributed by atoms with E-state index in [4.69, 9.17) is 10.3 Å². The summed E-state index contributed by atoms with van der Waals surface area (Å²) in [6.45, 7) is 6.33. The second kappa shape index (κ2) is 6.03. The van der Waals surface area contributed by atoms with Crippen molar-refractivity contribution in [2.24, 2.45) is 5.73 Å². The number of aliphatic hydroxyl groups is 1. The van der Waals surface area contributed by atoms with Gasteiger partial charge in [0, 0.05) is 22.8 Å². The van der Waals surface area contributed by atoms with Crippen LogP contribution >= 0.6 is 23.5 Å². The van der Waals surface area contributed by atoms with Gasteiger partial charge >= 0.3 is 0 Å². The van der Waals surface area contributed by atoms with E-state index in [-0.39, 0.29) is 11.8 Å². The van der Waals surface area contributed by atoms with Crippen molar-refractivity contribution in [3.63, 3.8) is 0 Å². The molecule has 0 aromatic carbocycles. The van der Waals surface area contributed by atoms with E-state index in [1.165, 1.54) is 0 Å². The first-order valence-electron chi connectivity index (χ1n) is 6.43. The van der Waals surface area contributed by atoms with Gasteiger partial charge in [-0.2, -0.15) is 16.7 Å². The first-order valence-corrected chi connectivity index (χ1v) is 8.42. The van der Waals surface area contributed by atoms with Crippen LogP contribution in [0.3, 0.4) is 0 Å².